The summed E-state index contributed by atoms with van der Waals surface area (Å²) in [6, 6.07) is 0. The van der Waals surface area contributed by atoms with Crippen LogP contribution in [-0.4, -0.2) is 13.6 Å². The van der Waals surface area contributed by atoms with Crippen molar-refractivity contribution in [1.82, 2.24) is 0 Å². The summed E-state index contributed by atoms with van der Waals surface area (Å²) >= 11 is 0. The molecule has 4 rings (SSSR count). The molecule has 0 heterocycles. The van der Waals surface area contributed by atoms with Gasteiger partial charge in [-0.2, -0.15) is 0 Å². The Balaban J connectivity index is 1.95. The summed E-state index contributed by atoms with van der Waals surface area (Å²) in [6.45, 7) is 0. The van der Waals surface area contributed by atoms with Crippen LogP contribution in [0.2, 0.25) is 5.82 Å². The zero-order valence-corrected chi connectivity index (χ0v) is 8.78. The number of hydrogen-bond acceptors (Lipinski definition) is 1. The third-order valence-corrected chi connectivity index (χ3v) is 4.66. The highest BCUT2D eigenvalue weighted by atomic mass is 16.1. The molecule has 0 spiro atoms. The molecule has 0 aromatic rings. The van der Waals surface area contributed by atoms with Gasteiger partial charge in [0.05, 0.1) is 0 Å². The summed E-state index contributed by atoms with van der Waals surface area (Å²) in [5, 5.41) is 0. The van der Waals surface area contributed by atoms with E-state index in [0.29, 0.717) is 29.4 Å². The predicted molar refractivity (Wildman–Crippen MR) is 58.9 cm³/mol. The average molecular weight is 188 g/mol. The first-order valence-electron chi connectivity index (χ1n) is 5.99. The molecule has 0 amide bonds. The van der Waals surface area contributed by atoms with Crippen LogP contribution in [0.5, 0.6) is 0 Å². The first-order chi connectivity index (χ1) is 6.77. The van der Waals surface area contributed by atoms with E-state index in [4.69, 9.17) is 0 Å². The average Bonchev–Trinajstić information content (AvgIpc) is 2.25. The SMILES string of the molecule is BC1CC[C@H]2C3C=C[C@H](CC3)C2C1=O. The highest BCUT2D eigenvalue weighted by Crippen LogP contribution is 2.51. The molecule has 0 N–H and O–H groups in total. The Bertz CT molecular complexity index is 297. The molecule has 2 fully saturated rings. The van der Waals surface area contributed by atoms with Gasteiger partial charge in [-0.1, -0.05) is 18.6 Å². The molecule has 2 bridgehead atoms. The molecule has 2 saturated carbocycles. The summed E-state index contributed by atoms with van der Waals surface area (Å²) < 4.78 is 0. The van der Waals surface area contributed by atoms with Crippen molar-refractivity contribution >= 4 is 13.6 Å². The van der Waals surface area contributed by atoms with E-state index >= 15 is 0 Å². The van der Waals surface area contributed by atoms with Crippen molar-refractivity contribution in [2.24, 2.45) is 23.7 Å². The largest absolute Gasteiger partial charge is 0.300 e. The molecule has 0 radical (unpaired) electrons. The van der Waals surface area contributed by atoms with E-state index in [2.05, 4.69) is 20.0 Å². The molecule has 14 heavy (non-hydrogen) atoms. The molecule has 2 heteroatoms. The molecule has 0 saturated heterocycles. The lowest BCUT2D eigenvalue weighted by molar-refractivity contribution is -0.131. The lowest BCUT2D eigenvalue weighted by atomic mass is 9.53. The van der Waals surface area contributed by atoms with Gasteiger partial charge >= 0.3 is 0 Å². The second-order valence-electron chi connectivity index (χ2n) is 5.36. The Morgan fingerprint density at radius 3 is 2.50 bits per heavy atom. The molecule has 0 aromatic carbocycles. The number of carbonyl (C=O) groups is 1. The van der Waals surface area contributed by atoms with Crippen molar-refractivity contribution in [3.8, 4) is 0 Å². The quantitative estimate of drug-likeness (QED) is 0.416. The van der Waals surface area contributed by atoms with Crippen LogP contribution in [0.15, 0.2) is 12.2 Å². The highest BCUT2D eigenvalue weighted by molar-refractivity contribution is 6.24. The number of hydrogen-bond donors (Lipinski definition) is 0. The van der Waals surface area contributed by atoms with E-state index in [1.54, 1.807) is 0 Å². The number of carbonyl (C=O) groups excluding carboxylic acids is 1. The summed E-state index contributed by atoms with van der Waals surface area (Å²) in [6.07, 6.45) is 9.74. The Morgan fingerprint density at radius 1 is 1.07 bits per heavy atom. The molecule has 4 aliphatic rings. The van der Waals surface area contributed by atoms with E-state index in [-0.39, 0.29) is 0 Å². The predicted octanol–water partition coefficient (Wildman–Crippen LogP) is 1.60. The van der Waals surface area contributed by atoms with E-state index in [9.17, 15) is 4.79 Å². The van der Waals surface area contributed by atoms with Gasteiger partial charge in [0.1, 0.15) is 13.6 Å². The zero-order chi connectivity index (χ0) is 9.71. The minimum Gasteiger partial charge on any atom is -0.300 e. The fraction of sp³-hybridized carbons (Fsp3) is 0.750. The van der Waals surface area contributed by atoms with E-state index < -0.39 is 0 Å². The summed E-state index contributed by atoms with van der Waals surface area (Å²) in [4.78, 5) is 12.1. The zero-order valence-electron chi connectivity index (χ0n) is 8.78. The van der Waals surface area contributed by atoms with Gasteiger partial charge in [0.2, 0.25) is 0 Å². The van der Waals surface area contributed by atoms with Crippen LogP contribution in [-0.2, 0) is 4.79 Å². The van der Waals surface area contributed by atoms with Gasteiger partial charge in [-0.05, 0) is 42.8 Å². The summed E-state index contributed by atoms with van der Waals surface area (Å²) in [5.74, 6) is 3.36. The minimum absolute atomic E-state index is 0.337. The Kier molecular flexibility index (Phi) is 1.86. The summed E-state index contributed by atoms with van der Waals surface area (Å²) in [7, 11) is 2.12. The van der Waals surface area contributed by atoms with E-state index in [0.717, 1.165) is 12.3 Å². The number of ketones is 1. The first kappa shape index (κ1) is 8.76. The molecule has 4 aliphatic carbocycles. The highest BCUT2D eigenvalue weighted by Gasteiger charge is 2.47. The molecule has 3 unspecified atom stereocenters. The van der Waals surface area contributed by atoms with Crippen molar-refractivity contribution in [3.05, 3.63) is 12.2 Å². The second-order valence-corrected chi connectivity index (χ2v) is 5.36. The first-order valence-corrected chi connectivity index (χ1v) is 5.99. The Labute approximate surface area is 86.4 Å². The Hall–Kier alpha value is -0.525. The fourth-order valence-corrected chi connectivity index (χ4v) is 3.83. The smallest absolute Gasteiger partial charge is 0.132 e. The van der Waals surface area contributed by atoms with Gasteiger partial charge in [-0.15, -0.1) is 0 Å². The fourth-order valence-electron chi connectivity index (χ4n) is 3.83. The number of fused-ring (bicyclic) bond motifs is 1. The number of Topliss-reactive ketones (excluding diaryl/α,β-unsaturated/α-hetero) is 1. The minimum atomic E-state index is 0.337. The maximum atomic E-state index is 12.1. The molecule has 1 nitrogen and oxygen atoms in total. The normalized spacial score (nSPS) is 50.6. The second kappa shape index (κ2) is 2.98. The van der Waals surface area contributed by atoms with Crippen LogP contribution in [0.3, 0.4) is 0 Å². The van der Waals surface area contributed by atoms with Gasteiger partial charge in [-0.25, -0.2) is 0 Å². The Morgan fingerprint density at radius 2 is 1.79 bits per heavy atom. The van der Waals surface area contributed by atoms with Gasteiger partial charge < -0.3 is 0 Å². The van der Waals surface area contributed by atoms with Crippen molar-refractivity contribution in [1.29, 1.82) is 0 Å². The van der Waals surface area contributed by atoms with Gasteiger partial charge in [-0.3, -0.25) is 4.79 Å². The van der Waals surface area contributed by atoms with Crippen molar-refractivity contribution in [3.63, 3.8) is 0 Å². The molecule has 0 aromatic heterocycles. The van der Waals surface area contributed by atoms with Crippen molar-refractivity contribution < 1.29 is 4.79 Å². The van der Waals surface area contributed by atoms with Gasteiger partial charge in [0, 0.05) is 5.92 Å². The molecule has 5 atom stereocenters. The van der Waals surface area contributed by atoms with Crippen LogP contribution in [0.25, 0.3) is 0 Å². The van der Waals surface area contributed by atoms with Crippen LogP contribution >= 0.6 is 0 Å². The number of rotatable bonds is 0. The topological polar surface area (TPSA) is 17.1 Å². The van der Waals surface area contributed by atoms with E-state index in [1.165, 1.54) is 19.3 Å². The maximum Gasteiger partial charge on any atom is 0.132 e. The maximum absolute atomic E-state index is 12.1. The molecule has 74 valence electrons. The lowest BCUT2D eigenvalue weighted by Crippen LogP contribution is -2.45. The van der Waals surface area contributed by atoms with Gasteiger partial charge in [0.25, 0.3) is 0 Å². The third kappa shape index (κ3) is 1.06. The van der Waals surface area contributed by atoms with Crippen LogP contribution < -0.4 is 0 Å². The van der Waals surface area contributed by atoms with Gasteiger partial charge in [0.15, 0.2) is 0 Å². The van der Waals surface area contributed by atoms with Crippen LogP contribution in [0.4, 0.5) is 0 Å². The molecule has 0 aliphatic heterocycles. The van der Waals surface area contributed by atoms with Crippen LogP contribution in [0, 0.1) is 23.7 Å². The summed E-state index contributed by atoms with van der Waals surface area (Å²) in [5.41, 5.74) is 0. The monoisotopic (exact) mass is 188 g/mol. The number of allylic oxidation sites excluding steroid dienone is 2. The van der Waals surface area contributed by atoms with Crippen LogP contribution in [0.1, 0.15) is 25.7 Å². The van der Waals surface area contributed by atoms with E-state index in [1.807, 2.05) is 0 Å². The van der Waals surface area contributed by atoms with Crippen molar-refractivity contribution in [2.45, 2.75) is 31.5 Å². The van der Waals surface area contributed by atoms with Crippen molar-refractivity contribution in [2.75, 3.05) is 0 Å². The molecular formula is C12H17BO. The third-order valence-electron chi connectivity index (χ3n) is 4.66. The standard InChI is InChI=1S/C12H17BO/c13-10-6-5-9-7-1-3-8(4-2-7)11(9)12(10)14/h1,3,7-11H,2,4-6,13H2/t7?,8-,9+,10?,11?/m1/s1. The molecular weight excluding hydrogens is 171 g/mol. The lowest BCUT2D eigenvalue weighted by Gasteiger charge is -2.48.